The molecule has 1 aliphatic rings. The molecule has 30 heavy (non-hydrogen) atoms. The Bertz CT molecular complexity index is 948. The molecular formula is C23H28N6O. The minimum absolute atomic E-state index is 0.0800. The van der Waals surface area contributed by atoms with Crippen LogP contribution in [-0.4, -0.2) is 64.8 Å². The molecule has 1 N–H and O–H groups in total. The van der Waals surface area contributed by atoms with Gasteiger partial charge in [0.05, 0.1) is 17.5 Å². The summed E-state index contributed by atoms with van der Waals surface area (Å²) in [7, 11) is 0. The standard InChI is InChI=1S/C23H28N6O/c1-19-21(18-26-29(19)22-10-5-6-11-24-22)23(30)25-12-7-13-27-14-16-28(17-15-27)20-8-3-2-4-9-20/h2-6,8-11,18H,7,12-17H2,1H3,(H,25,30). The summed E-state index contributed by atoms with van der Waals surface area (Å²) in [6, 6.07) is 16.2. The minimum atomic E-state index is -0.0800. The molecule has 0 saturated carbocycles. The Balaban J connectivity index is 1.20. The SMILES string of the molecule is Cc1c(C(=O)NCCCN2CCN(c3ccccc3)CC2)cnn1-c1ccccn1. The van der Waals surface area contributed by atoms with E-state index >= 15 is 0 Å². The lowest BCUT2D eigenvalue weighted by Gasteiger charge is -2.36. The summed E-state index contributed by atoms with van der Waals surface area (Å²) in [5.74, 6) is 0.632. The van der Waals surface area contributed by atoms with E-state index in [0.29, 0.717) is 17.9 Å². The van der Waals surface area contributed by atoms with Gasteiger partial charge in [-0.1, -0.05) is 24.3 Å². The van der Waals surface area contributed by atoms with Gasteiger partial charge in [-0.15, -0.1) is 0 Å². The Kier molecular flexibility index (Phi) is 6.39. The number of nitrogens with zero attached hydrogens (tertiary/aromatic N) is 5. The summed E-state index contributed by atoms with van der Waals surface area (Å²) < 4.78 is 1.70. The molecule has 1 aliphatic heterocycles. The van der Waals surface area contributed by atoms with Gasteiger partial charge >= 0.3 is 0 Å². The summed E-state index contributed by atoms with van der Waals surface area (Å²) in [6.07, 6.45) is 4.27. The van der Waals surface area contributed by atoms with Crippen LogP contribution in [0.4, 0.5) is 5.69 Å². The lowest BCUT2D eigenvalue weighted by molar-refractivity contribution is 0.0951. The van der Waals surface area contributed by atoms with Crippen molar-refractivity contribution in [3.63, 3.8) is 0 Å². The molecule has 3 heterocycles. The molecule has 0 unspecified atom stereocenters. The molecule has 1 fully saturated rings. The normalized spacial score (nSPS) is 14.6. The van der Waals surface area contributed by atoms with Crippen LogP contribution in [0.2, 0.25) is 0 Å². The third-order valence-electron chi connectivity index (χ3n) is 5.55. The number of aromatic nitrogens is 3. The van der Waals surface area contributed by atoms with Crippen LogP contribution in [0.25, 0.3) is 5.82 Å². The molecule has 1 aromatic carbocycles. The number of para-hydroxylation sites is 1. The van der Waals surface area contributed by atoms with E-state index in [1.54, 1.807) is 17.1 Å². The van der Waals surface area contributed by atoms with Crippen molar-refractivity contribution in [1.82, 2.24) is 25.0 Å². The number of carbonyl (C=O) groups excluding carboxylic acids is 1. The highest BCUT2D eigenvalue weighted by Crippen LogP contribution is 2.15. The van der Waals surface area contributed by atoms with Gasteiger partial charge in [0.1, 0.15) is 0 Å². The van der Waals surface area contributed by atoms with E-state index in [9.17, 15) is 4.79 Å². The first-order valence-corrected chi connectivity index (χ1v) is 10.5. The summed E-state index contributed by atoms with van der Waals surface area (Å²) >= 11 is 0. The first-order valence-electron chi connectivity index (χ1n) is 10.5. The van der Waals surface area contributed by atoms with Gasteiger partial charge in [-0.2, -0.15) is 5.10 Å². The fourth-order valence-corrected chi connectivity index (χ4v) is 3.81. The number of pyridine rings is 1. The van der Waals surface area contributed by atoms with E-state index in [1.165, 1.54) is 5.69 Å². The van der Waals surface area contributed by atoms with Gasteiger partial charge in [-0.3, -0.25) is 9.69 Å². The maximum atomic E-state index is 12.6. The second-order valence-corrected chi connectivity index (χ2v) is 7.52. The van der Waals surface area contributed by atoms with Crippen molar-refractivity contribution < 1.29 is 4.79 Å². The highest BCUT2D eigenvalue weighted by Gasteiger charge is 2.18. The van der Waals surface area contributed by atoms with E-state index in [2.05, 4.69) is 55.5 Å². The van der Waals surface area contributed by atoms with Crippen LogP contribution in [0.3, 0.4) is 0 Å². The summed E-state index contributed by atoms with van der Waals surface area (Å²) in [6.45, 7) is 7.74. The van der Waals surface area contributed by atoms with Crippen LogP contribution in [0.5, 0.6) is 0 Å². The van der Waals surface area contributed by atoms with Gasteiger partial charge in [-0.25, -0.2) is 9.67 Å². The van der Waals surface area contributed by atoms with Crippen LogP contribution in [-0.2, 0) is 0 Å². The third-order valence-corrected chi connectivity index (χ3v) is 5.55. The average molecular weight is 405 g/mol. The average Bonchev–Trinajstić information content (AvgIpc) is 3.19. The topological polar surface area (TPSA) is 66.3 Å². The zero-order chi connectivity index (χ0) is 20.8. The lowest BCUT2D eigenvalue weighted by Crippen LogP contribution is -2.47. The van der Waals surface area contributed by atoms with Gasteiger partial charge in [-0.05, 0) is 44.2 Å². The van der Waals surface area contributed by atoms with E-state index in [0.717, 1.165) is 44.8 Å². The Labute approximate surface area is 177 Å². The quantitative estimate of drug-likeness (QED) is 0.613. The fraction of sp³-hybridized carbons (Fsp3) is 0.348. The highest BCUT2D eigenvalue weighted by molar-refractivity contribution is 5.95. The summed E-state index contributed by atoms with van der Waals surface area (Å²) in [5, 5.41) is 7.35. The Morgan fingerprint density at radius 3 is 2.53 bits per heavy atom. The van der Waals surface area contributed by atoms with Crippen LogP contribution >= 0.6 is 0 Å². The Hall–Kier alpha value is -3.19. The zero-order valence-electron chi connectivity index (χ0n) is 17.4. The van der Waals surface area contributed by atoms with Gasteiger partial charge < -0.3 is 10.2 Å². The van der Waals surface area contributed by atoms with Gasteiger partial charge in [0.2, 0.25) is 0 Å². The molecular weight excluding hydrogens is 376 g/mol. The molecule has 0 bridgehead atoms. The van der Waals surface area contributed by atoms with Gasteiger partial charge in [0.25, 0.3) is 5.91 Å². The molecule has 0 spiro atoms. The number of amides is 1. The first-order chi connectivity index (χ1) is 14.7. The van der Waals surface area contributed by atoms with Crippen molar-refractivity contribution in [2.75, 3.05) is 44.2 Å². The molecule has 1 saturated heterocycles. The second kappa shape index (κ2) is 9.54. The summed E-state index contributed by atoms with van der Waals surface area (Å²) in [4.78, 5) is 21.7. The molecule has 7 heteroatoms. The van der Waals surface area contributed by atoms with Crippen LogP contribution in [0.1, 0.15) is 22.5 Å². The largest absolute Gasteiger partial charge is 0.369 e. The van der Waals surface area contributed by atoms with Crippen molar-refractivity contribution in [1.29, 1.82) is 0 Å². The summed E-state index contributed by atoms with van der Waals surface area (Å²) in [5.41, 5.74) is 2.69. The Morgan fingerprint density at radius 2 is 1.80 bits per heavy atom. The molecule has 3 aromatic rings. The third kappa shape index (κ3) is 4.68. The number of benzene rings is 1. The molecule has 7 nitrogen and oxygen atoms in total. The predicted octanol–water partition coefficient (Wildman–Crippen LogP) is 2.52. The van der Waals surface area contributed by atoms with Crippen molar-refractivity contribution >= 4 is 11.6 Å². The number of anilines is 1. The molecule has 0 radical (unpaired) electrons. The first kappa shape index (κ1) is 20.1. The second-order valence-electron chi connectivity index (χ2n) is 7.52. The maximum absolute atomic E-state index is 12.6. The lowest BCUT2D eigenvalue weighted by atomic mass is 10.2. The molecule has 156 valence electrons. The molecule has 2 aromatic heterocycles. The van der Waals surface area contributed by atoms with Crippen molar-refractivity contribution in [3.8, 4) is 5.82 Å². The number of carbonyl (C=O) groups is 1. The van der Waals surface area contributed by atoms with Gasteiger partial charge in [0, 0.05) is 44.6 Å². The molecule has 1 amide bonds. The zero-order valence-corrected chi connectivity index (χ0v) is 17.4. The van der Waals surface area contributed by atoms with Crippen LogP contribution < -0.4 is 10.2 Å². The van der Waals surface area contributed by atoms with Crippen LogP contribution in [0, 0.1) is 6.92 Å². The molecule has 0 atom stereocenters. The smallest absolute Gasteiger partial charge is 0.254 e. The highest BCUT2D eigenvalue weighted by atomic mass is 16.1. The van der Waals surface area contributed by atoms with Crippen molar-refractivity contribution in [2.24, 2.45) is 0 Å². The van der Waals surface area contributed by atoms with Crippen molar-refractivity contribution in [3.05, 3.63) is 72.2 Å². The monoisotopic (exact) mass is 404 g/mol. The number of piperazine rings is 1. The maximum Gasteiger partial charge on any atom is 0.254 e. The predicted molar refractivity (Wildman–Crippen MR) is 118 cm³/mol. The van der Waals surface area contributed by atoms with Crippen LogP contribution in [0.15, 0.2) is 60.9 Å². The van der Waals surface area contributed by atoms with Crippen molar-refractivity contribution in [2.45, 2.75) is 13.3 Å². The van der Waals surface area contributed by atoms with E-state index in [4.69, 9.17) is 0 Å². The molecule has 4 rings (SSSR count). The fourth-order valence-electron chi connectivity index (χ4n) is 3.81. The number of hydrogen-bond donors (Lipinski definition) is 1. The van der Waals surface area contributed by atoms with E-state index < -0.39 is 0 Å². The number of rotatable bonds is 7. The number of hydrogen-bond acceptors (Lipinski definition) is 5. The minimum Gasteiger partial charge on any atom is -0.369 e. The molecule has 0 aliphatic carbocycles. The Morgan fingerprint density at radius 1 is 1.03 bits per heavy atom. The number of nitrogens with one attached hydrogen (secondary N) is 1. The van der Waals surface area contributed by atoms with Gasteiger partial charge in [0.15, 0.2) is 5.82 Å². The van der Waals surface area contributed by atoms with E-state index in [1.807, 2.05) is 25.1 Å². The van der Waals surface area contributed by atoms with E-state index in [-0.39, 0.29) is 5.91 Å².